The van der Waals surface area contributed by atoms with Gasteiger partial charge in [-0.2, -0.15) is 0 Å². The van der Waals surface area contributed by atoms with E-state index in [2.05, 4.69) is 10.6 Å². The first-order valence-electron chi connectivity index (χ1n) is 9.08. The fraction of sp³-hybridized carbons (Fsp3) is 0.300. The molecule has 2 N–H and O–H groups in total. The van der Waals surface area contributed by atoms with Crippen LogP contribution < -0.4 is 15.5 Å². The second-order valence-electron chi connectivity index (χ2n) is 6.88. The lowest BCUT2D eigenvalue weighted by molar-refractivity contribution is -0.384. The zero-order valence-corrected chi connectivity index (χ0v) is 16.6. The number of hydrogen-bond acceptors (Lipinski definition) is 5. The van der Waals surface area contributed by atoms with Crippen molar-refractivity contribution in [2.75, 3.05) is 23.3 Å². The predicted octanol–water partition coefficient (Wildman–Crippen LogP) is 3.94. The van der Waals surface area contributed by atoms with Gasteiger partial charge in [-0.15, -0.1) is 0 Å². The van der Waals surface area contributed by atoms with Crippen molar-refractivity contribution in [3.05, 3.63) is 63.2 Å². The Hall–Kier alpha value is -3.00. The van der Waals surface area contributed by atoms with Gasteiger partial charge in [-0.25, -0.2) is 0 Å². The quantitative estimate of drug-likeness (QED) is 0.461. The highest BCUT2D eigenvalue weighted by molar-refractivity contribution is 7.80. The molecule has 1 amide bonds. The summed E-state index contributed by atoms with van der Waals surface area (Å²) in [4.78, 5) is 25.6. The molecule has 0 atom stereocenters. The molecule has 0 radical (unpaired) electrons. The molecule has 3 rings (SSSR count). The first kappa shape index (κ1) is 19.8. The normalized spacial score (nSPS) is 13.3. The largest absolute Gasteiger partial charge is 0.366 e. The van der Waals surface area contributed by atoms with Crippen LogP contribution in [0.3, 0.4) is 0 Å². The molecule has 8 heteroatoms. The van der Waals surface area contributed by atoms with Gasteiger partial charge in [-0.05, 0) is 68.2 Å². The Bertz CT molecular complexity index is 939. The minimum atomic E-state index is -0.487. The Morgan fingerprint density at radius 3 is 2.54 bits per heavy atom. The van der Waals surface area contributed by atoms with Gasteiger partial charge in [0.2, 0.25) is 0 Å². The van der Waals surface area contributed by atoms with E-state index < -0.39 is 10.8 Å². The molecule has 0 bridgehead atoms. The van der Waals surface area contributed by atoms with Crippen LogP contribution in [0.25, 0.3) is 0 Å². The lowest BCUT2D eigenvalue weighted by Gasteiger charge is -2.18. The molecule has 0 unspecified atom stereocenters. The standard InChI is InChI=1S/C20H22N4O3S/c1-13-5-6-14(2)16(11-13)21-20(28)22-19(25)15-7-8-17(18(12-15)24(26)27)23-9-3-4-10-23/h5-8,11-12H,3-4,9-10H2,1-2H3,(H2,21,22,25,28). The Kier molecular flexibility index (Phi) is 5.89. The number of nitro groups is 1. The van der Waals surface area contributed by atoms with Crippen molar-refractivity contribution in [1.82, 2.24) is 5.32 Å². The molecule has 0 saturated carbocycles. The first-order chi connectivity index (χ1) is 13.3. The van der Waals surface area contributed by atoms with Gasteiger partial charge >= 0.3 is 0 Å². The number of carbonyl (C=O) groups is 1. The Balaban J connectivity index is 1.74. The molecule has 1 heterocycles. The maximum atomic E-state index is 12.5. The maximum Gasteiger partial charge on any atom is 0.293 e. The molecule has 0 spiro atoms. The molecule has 2 aromatic carbocycles. The summed E-state index contributed by atoms with van der Waals surface area (Å²) in [5.74, 6) is -0.487. The highest BCUT2D eigenvalue weighted by Gasteiger charge is 2.24. The van der Waals surface area contributed by atoms with Crippen molar-refractivity contribution < 1.29 is 9.72 Å². The summed E-state index contributed by atoms with van der Waals surface area (Å²) in [6, 6.07) is 10.4. The molecule has 7 nitrogen and oxygen atoms in total. The summed E-state index contributed by atoms with van der Waals surface area (Å²) in [7, 11) is 0. The summed E-state index contributed by atoms with van der Waals surface area (Å²) >= 11 is 5.23. The van der Waals surface area contributed by atoms with Crippen LogP contribution >= 0.6 is 12.2 Å². The van der Waals surface area contributed by atoms with E-state index in [1.54, 1.807) is 12.1 Å². The van der Waals surface area contributed by atoms with E-state index in [1.807, 2.05) is 36.9 Å². The fourth-order valence-electron chi connectivity index (χ4n) is 3.24. The Morgan fingerprint density at radius 1 is 1.14 bits per heavy atom. The number of hydrogen-bond donors (Lipinski definition) is 2. The zero-order chi connectivity index (χ0) is 20.3. The van der Waals surface area contributed by atoms with E-state index in [9.17, 15) is 14.9 Å². The van der Waals surface area contributed by atoms with E-state index in [1.165, 1.54) is 6.07 Å². The predicted molar refractivity (Wildman–Crippen MR) is 114 cm³/mol. The summed E-state index contributed by atoms with van der Waals surface area (Å²) < 4.78 is 0. The highest BCUT2D eigenvalue weighted by atomic mass is 32.1. The Morgan fingerprint density at radius 2 is 1.86 bits per heavy atom. The van der Waals surface area contributed by atoms with Gasteiger partial charge in [0.1, 0.15) is 5.69 Å². The number of carbonyl (C=O) groups excluding carboxylic acids is 1. The van der Waals surface area contributed by atoms with Crippen LogP contribution in [0.2, 0.25) is 0 Å². The molecule has 2 aromatic rings. The lowest BCUT2D eigenvalue weighted by Crippen LogP contribution is -2.34. The first-order valence-corrected chi connectivity index (χ1v) is 9.49. The molecule has 28 heavy (non-hydrogen) atoms. The molecule has 0 aromatic heterocycles. The molecule has 0 aliphatic carbocycles. The summed E-state index contributed by atoms with van der Waals surface area (Å²) in [5, 5.41) is 17.2. The summed E-state index contributed by atoms with van der Waals surface area (Å²) in [6.45, 7) is 5.48. The van der Waals surface area contributed by atoms with E-state index in [-0.39, 0.29) is 16.4 Å². The van der Waals surface area contributed by atoms with Gasteiger partial charge in [0, 0.05) is 30.4 Å². The van der Waals surface area contributed by atoms with E-state index in [0.29, 0.717) is 5.69 Å². The summed E-state index contributed by atoms with van der Waals surface area (Å²) in [5.41, 5.74) is 3.54. The number of nitrogens with one attached hydrogen (secondary N) is 2. The number of thiocarbonyl (C=S) groups is 1. The van der Waals surface area contributed by atoms with Gasteiger partial charge in [-0.1, -0.05) is 12.1 Å². The van der Waals surface area contributed by atoms with Crippen LogP contribution in [-0.2, 0) is 0 Å². The average Bonchev–Trinajstić information content (AvgIpc) is 3.18. The van der Waals surface area contributed by atoms with E-state index in [4.69, 9.17) is 12.2 Å². The van der Waals surface area contributed by atoms with E-state index >= 15 is 0 Å². The number of nitro benzene ring substituents is 1. The number of rotatable bonds is 4. The number of anilines is 2. The van der Waals surface area contributed by atoms with Crippen molar-refractivity contribution in [1.29, 1.82) is 0 Å². The van der Waals surface area contributed by atoms with Gasteiger partial charge < -0.3 is 10.2 Å². The second kappa shape index (κ2) is 8.35. The molecule has 1 aliphatic rings. The van der Waals surface area contributed by atoms with Crippen molar-refractivity contribution in [3.8, 4) is 0 Å². The molecular formula is C20H22N4O3S. The maximum absolute atomic E-state index is 12.5. The van der Waals surface area contributed by atoms with Crippen molar-refractivity contribution >= 4 is 40.3 Å². The number of aryl methyl sites for hydroxylation is 2. The third-order valence-electron chi connectivity index (χ3n) is 4.75. The number of amides is 1. The van der Waals surface area contributed by atoms with Gasteiger partial charge in [0.15, 0.2) is 5.11 Å². The molecule has 1 aliphatic heterocycles. The van der Waals surface area contributed by atoms with Crippen LogP contribution in [0, 0.1) is 24.0 Å². The fourth-order valence-corrected chi connectivity index (χ4v) is 3.44. The SMILES string of the molecule is Cc1ccc(C)c(NC(=S)NC(=O)c2ccc(N3CCCC3)c([N+](=O)[O-])c2)c1. The smallest absolute Gasteiger partial charge is 0.293 e. The number of benzene rings is 2. The molecule has 1 fully saturated rings. The third kappa shape index (κ3) is 4.45. The van der Waals surface area contributed by atoms with Crippen LogP contribution in [0.5, 0.6) is 0 Å². The minimum Gasteiger partial charge on any atom is -0.366 e. The highest BCUT2D eigenvalue weighted by Crippen LogP contribution is 2.31. The van der Waals surface area contributed by atoms with Gasteiger partial charge in [0.05, 0.1) is 4.92 Å². The minimum absolute atomic E-state index is 0.0667. The van der Waals surface area contributed by atoms with Crippen LogP contribution in [0.1, 0.15) is 34.3 Å². The van der Waals surface area contributed by atoms with Crippen LogP contribution in [0.15, 0.2) is 36.4 Å². The lowest BCUT2D eigenvalue weighted by atomic mass is 10.1. The monoisotopic (exact) mass is 398 g/mol. The average molecular weight is 398 g/mol. The van der Waals surface area contributed by atoms with Gasteiger partial charge in [0.25, 0.3) is 11.6 Å². The van der Waals surface area contributed by atoms with Crippen molar-refractivity contribution in [2.45, 2.75) is 26.7 Å². The van der Waals surface area contributed by atoms with Crippen molar-refractivity contribution in [3.63, 3.8) is 0 Å². The van der Waals surface area contributed by atoms with Crippen LogP contribution in [0.4, 0.5) is 17.1 Å². The molecule has 146 valence electrons. The zero-order valence-electron chi connectivity index (χ0n) is 15.8. The Labute approximate surface area is 168 Å². The van der Waals surface area contributed by atoms with Gasteiger partial charge in [-0.3, -0.25) is 20.2 Å². The number of nitrogens with zero attached hydrogens (tertiary/aromatic N) is 2. The molecular weight excluding hydrogens is 376 g/mol. The van der Waals surface area contributed by atoms with E-state index in [0.717, 1.165) is 42.7 Å². The molecule has 1 saturated heterocycles. The summed E-state index contributed by atoms with van der Waals surface area (Å²) in [6.07, 6.45) is 2.02. The third-order valence-corrected chi connectivity index (χ3v) is 4.95. The van der Waals surface area contributed by atoms with Crippen LogP contribution in [-0.4, -0.2) is 29.0 Å². The second-order valence-corrected chi connectivity index (χ2v) is 7.29. The van der Waals surface area contributed by atoms with Crippen molar-refractivity contribution in [2.24, 2.45) is 0 Å². The topological polar surface area (TPSA) is 87.5 Å².